The predicted octanol–water partition coefficient (Wildman–Crippen LogP) is 2.71. The van der Waals surface area contributed by atoms with E-state index >= 15 is 0 Å². The number of hydrogen-bond acceptors (Lipinski definition) is 3. The Morgan fingerprint density at radius 2 is 1.85 bits per heavy atom. The zero-order chi connectivity index (χ0) is 19.1. The third kappa shape index (κ3) is 5.04. The van der Waals surface area contributed by atoms with Crippen molar-refractivity contribution in [3.8, 4) is 0 Å². The van der Waals surface area contributed by atoms with Crippen LogP contribution in [-0.2, 0) is 22.6 Å². The quantitative estimate of drug-likeness (QED) is 0.750. The molecule has 0 saturated carbocycles. The molecule has 2 aromatic rings. The molecule has 0 radical (unpaired) electrons. The monoisotopic (exact) mass is 352 g/mol. The minimum absolute atomic E-state index is 0.285. The molecule has 2 amide bonds. The van der Waals surface area contributed by atoms with Crippen molar-refractivity contribution in [1.82, 2.24) is 4.90 Å². The van der Waals surface area contributed by atoms with E-state index in [1.165, 1.54) is 17.0 Å². The molecule has 26 heavy (non-hydrogen) atoms. The topological polar surface area (TPSA) is 86.7 Å². The predicted molar refractivity (Wildman–Crippen MR) is 98.8 cm³/mol. The summed E-state index contributed by atoms with van der Waals surface area (Å²) in [6.07, 6.45) is 0.793. The summed E-state index contributed by atoms with van der Waals surface area (Å²) in [5.74, 6) is -1.75. The van der Waals surface area contributed by atoms with Crippen molar-refractivity contribution < 1.29 is 19.5 Å². The standard InChI is InChI=1S/C20H20N2O4/c1-3-18(23)21-16-9-10-17(15(11-16)12-19(24)25)20(26)22(2)13-14-7-5-4-6-8-14/h3-11H,1,12-13H2,2H3,(H,21,23)(H,24,25). The minimum atomic E-state index is -1.06. The summed E-state index contributed by atoms with van der Waals surface area (Å²) in [6, 6.07) is 14.1. The highest BCUT2D eigenvalue weighted by molar-refractivity contribution is 6.00. The van der Waals surface area contributed by atoms with E-state index < -0.39 is 11.9 Å². The van der Waals surface area contributed by atoms with Gasteiger partial charge in [-0.15, -0.1) is 0 Å². The second kappa shape index (κ2) is 8.62. The summed E-state index contributed by atoms with van der Waals surface area (Å²) in [5, 5.41) is 11.7. The second-order valence-corrected chi connectivity index (χ2v) is 5.78. The highest BCUT2D eigenvalue weighted by Crippen LogP contribution is 2.19. The molecule has 0 aromatic heterocycles. The molecular formula is C20H20N2O4. The van der Waals surface area contributed by atoms with Crippen LogP contribution in [-0.4, -0.2) is 34.8 Å². The highest BCUT2D eigenvalue weighted by atomic mass is 16.4. The number of nitrogens with one attached hydrogen (secondary N) is 1. The van der Waals surface area contributed by atoms with E-state index in [2.05, 4.69) is 11.9 Å². The molecule has 6 nitrogen and oxygen atoms in total. The van der Waals surface area contributed by atoms with Gasteiger partial charge < -0.3 is 15.3 Å². The Balaban J connectivity index is 2.27. The zero-order valence-electron chi connectivity index (χ0n) is 14.4. The van der Waals surface area contributed by atoms with Crippen LogP contribution in [0.25, 0.3) is 0 Å². The van der Waals surface area contributed by atoms with Gasteiger partial charge in [-0.2, -0.15) is 0 Å². The minimum Gasteiger partial charge on any atom is -0.481 e. The number of hydrogen-bond donors (Lipinski definition) is 2. The maximum atomic E-state index is 12.8. The molecule has 0 aliphatic heterocycles. The molecule has 0 bridgehead atoms. The molecule has 0 aliphatic rings. The number of rotatable bonds is 7. The van der Waals surface area contributed by atoms with Crippen molar-refractivity contribution in [3.05, 3.63) is 77.9 Å². The van der Waals surface area contributed by atoms with Crippen molar-refractivity contribution in [2.24, 2.45) is 0 Å². The van der Waals surface area contributed by atoms with Gasteiger partial charge in [-0.25, -0.2) is 0 Å². The Labute approximate surface area is 151 Å². The van der Waals surface area contributed by atoms with Gasteiger partial charge in [0.1, 0.15) is 0 Å². The summed E-state index contributed by atoms with van der Waals surface area (Å²) in [4.78, 5) is 36.9. The van der Waals surface area contributed by atoms with Gasteiger partial charge in [-0.3, -0.25) is 14.4 Å². The maximum absolute atomic E-state index is 12.8. The molecule has 0 unspecified atom stereocenters. The fraction of sp³-hybridized carbons (Fsp3) is 0.150. The molecule has 0 fully saturated rings. The third-order valence-corrected chi connectivity index (χ3v) is 3.74. The fourth-order valence-corrected chi connectivity index (χ4v) is 2.52. The maximum Gasteiger partial charge on any atom is 0.307 e. The SMILES string of the molecule is C=CC(=O)Nc1ccc(C(=O)N(C)Cc2ccccc2)c(CC(=O)O)c1. The van der Waals surface area contributed by atoms with Gasteiger partial charge >= 0.3 is 5.97 Å². The van der Waals surface area contributed by atoms with E-state index in [0.29, 0.717) is 23.4 Å². The molecular weight excluding hydrogens is 332 g/mol. The molecule has 0 saturated heterocycles. The van der Waals surface area contributed by atoms with Gasteiger partial charge in [0.15, 0.2) is 0 Å². The summed E-state index contributed by atoms with van der Waals surface area (Å²) in [7, 11) is 1.66. The summed E-state index contributed by atoms with van der Waals surface area (Å²) < 4.78 is 0. The highest BCUT2D eigenvalue weighted by Gasteiger charge is 2.18. The van der Waals surface area contributed by atoms with Crippen molar-refractivity contribution >= 4 is 23.5 Å². The summed E-state index contributed by atoms with van der Waals surface area (Å²) in [6.45, 7) is 3.77. The molecule has 0 spiro atoms. The van der Waals surface area contributed by atoms with Crippen LogP contribution in [0.4, 0.5) is 5.69 Å². The molecule has 134 valence electrons. The Morgan fingerprint density at radius 1 is 1.15 bits per heavy atom. The number of carbonyl (C=O) groups excluding carboxylic acids is 2. The molecule has 0 atom stereocenters. The van der Waals surface area contributed by atoms with E-state index in [9.17, 15) is 14.4 Å². The van der Waals surface area contributed by atoms with E-state index in [1.807, 2.05) is 30.3 Å². The van der Waals surface area contributed by atoms with Crippen LogP contribution in [0, 0.1) is 0 Å². The lowest BCUT2D eigenvalue weighted by Crippen LogP contribution is -2.27. The number of amides is 2. The summed E-state index contributed by atoms with van der Waals surface area (Å²) >= 11 is 0. The normalized spacial score (nSPS) is 10.0. The first-order valence-electron chi connectivity index (χ1n) is 7.98. The largest absolute Gasteiger partial charge is 0.481 e. The van der Waals surface area contributed by atoms with Crippen LogP contribution >= 0.6 is 0 Å². The third-order valence-electron chi connectivity index (χ3n) is 3.74. The Hall–Kier alpha value is -3.41. The number of nitrogens with zero attached hydrogens (tertiary/aromatic N) is 1. The van der Waals surface area contributed by atoms with E-state index in [0.717, 1.165) is 11.6 Å². The lowest BCUT2D eigenvalue weighted by atomic mass is 10.0. The van der Waals surface area contributed by atoms with Gasteiger partial charge in [0, 0.05) is 24.8 Å². The smallest absolute Gasteiger partial charge is 0.307 e. The lowest BCUT2D eigenvalue weighted by Gasteiger charge is -2.19. The van der Waals surface area contributed by atoms with Crippen LogP contribution in [0.15, 0.2) is 61.2 Å². The molecule has 2 aromatic carbocycles. The lowest BCUT2D eigenvalue weighted by molar-refractivity contribution is -0.136. The van der Waals surface area contributed by atoms with Crippen LogP contribution in [0.5, 0.6) is 0 Å². The molecule has 6 heteroatoms. The first kappa shape index (κ1) is 18.9. The number of aliphatic carboxylic acids is 1. The van der Waals surface area contributed by atoms with Crippen molar-refractivity contribution in [3.63, 3.8) is 0 Å². The van der Waals surface area contributed by atoms with Crippen molar-refractivity contribution in [1.29, 1.82) is 0 Å². The number of carboxylic acid groups (broad SMARTS) is 1. The van der Waals surface area contributed by atoms with Gasteiger partial charge in [0.25, 0.3) is 5.91 Å². The van der Waals surface area contributed by atoms with E-state index in [4.69, 9.17) is 5.11 Å². The van der Waals surface area contributed by atoms with Gasteiger partial charge in [-0.1, -0.05) is 36.9 Å². The fourth-order valence-electron chi connectivity index (χ4n) is 2.52. The van der Waals surface area contributed by atoms with Crippen LogP contribution in [0.1, 0.15) is 21.5 Å². The van der Waals surface area contributed by atoms with Crippen molar-refractivity contribution in [2.45, 2.75) is 13.0 Å². The average molecular weight is 352 g/mol. The number of anilines is 1. The summed E-state index contributed by atoms with van der Waals surface area (Å²) in [5.41, 5.74) is 2.01. The first-order valence-corrected chi connectivity index (χ1v) is 7.98. The zero-order valence-corrected chi connectivity index (χ0v) is 14.4. The van der Waals surface area contributed by atoms with Crippen LogP contribution in [0.2, 0.25) is 0 Å². The van der Waals surface area contributed by atoms with Crippen LogP contribution < -0.4 is 5.32 Å². The average Bonchev–Trinajstić information content (AvgIpc) is 2.61. The van der Waals surface area contributed by atoms with Gasteiger partial charge in [-0.05, 0) is 35.4 Å². The van der Waals surface area contributed by atoms with E-state index in [-0.39, 0.29) is 12.3 Å². The Kier molecular flexibility index (Phi) is 6.27. The molecule has 0 heterocycles. The number of carbonyl (C=O) groups is 3. The second-order valence-electron chi connectivity index (χ2n) is 5.78. The number of carboxylic acids is 1. The van der Waals surface area contributed by atoms with Crippen LogP contribution in [0.3, 0.4) is 0 Å². The molecule has 0 aliphatic carbocycles. The molecule has 2 rings (SSSR count). The Morgan fingerprint density at radius 3 is 2.46 bits per heavy atom. The van der Waals surface area contributed by atoms with Gasteiger partial charge in [0.2, 0.25) is 5.91 Å². The van der Waals surface area contributed by atoms with Crippen molar-refractivity contribution in [2.75, 3.05) is 12.4 Å². The molecule has 2 N–H and O–H groups in total. The Bertz CT molecular complexity index is 831. The van der Waals surface area contributed by atoms with Gasteiger partial charge in [0.05, 0.1) is 6.42 Å². The number of benzene rings is 2. The van der Waals surface area contributed by atoms with E-state index in [1.54, 1.807) is 13.1 Å². The first-order chi connectivity index (χ1) is 12.4.